The molecule has 3 amide bonds. The molecule has 18 heavy (non-hydrogen) atoms. The summed E-state index contributed by atoms with van der Waals surface area (Å²) in [4.78, 5) is 34.1. The van der Waals surface area contributed by atoms with Gasteiger partial charge in [-0.05, 0) is 27.2 Å². The first-order valence-corrected chi connectivity index (χ1v) is 5.79. The lowest BCUT2D eigenvalue weighted by Crippen LogP contribution is -2.41. The number of hydrogen-bond acceptors (Lipinski definition) is 4. The van der Waals surface area contributed by atoms with E-state index in [-0.39, 0.29) is 5.57 Å². The maximum Gasteiger partial charge on any atom is 0.408 e. The van der Waals surface area contributed by atoms with Crippen LogP contribution in [0, 0.1) is 0 Å². The monoisotopic (exact) mass is 254 g/mol. The van der Waals surface area contributed by atoms with Crippen molar-refractivity contribution in [2.75, 3.05) is 0 Å². The summed E-state index contributed by atoms with van der Waals surface area (Å²) in [5.74, 6) is -0.928. The molecule has 0 spiro atoms. The van der Waals surface area contributed by atoms with Crippen LogP contribution in [0.2, 0.25) is 0 Å². The lowest BCUT2D eigenvalue weighted by atomic mass is 10.1. The molecule has 0 aromatic heterocycles. The van der Waals surface area contributed by atoms with Crippen molar-refractivity contribution < 1.29 is 19.1 Å². The Morgan fingerprint density at radius 2 is 2.06 bits per heavy atom. The fourth-order valence-corrected chi connectivity index (χ4v) is 1.54. The zero-order chi connectivity index (χ0) is 13.9. The molecule has 1 aliphatic rings. The maximum atomic E-state index is 11.6. The van der Waals surface area contributed by atoms with Crippen LogP contribution in [0.1, 0.15) is 34.1 Å². The van der Waals surface area contributed by atoms with E-state index in [4.69, 9.17) is 4.74 Å². The number of hydrogen-bond donors (Lipinski definition) is 2. The maximum absolute atomic E-state index is 11.6. The van der Waals surface area contributed by atoms with Crippen LogP contribution in [-0.4, -0.2) is 29.6 Å². The molecule has 0 bridgehead atoms. The highest BCUT2D eigenvalue weighted by molar-refractivity contribution is 6.17. The number of nitrogens with one attached hydrogen (secondary N) is 2. The molecular weight excluding hydrogens is 236 g/mol. The topological polar surface area (TPSA) is 84.5 Å². The standard InChI is InChI=1S/C12H18N2O4/c1-5-8(7-6-9(15)14-10(7)16)13-11(17)18-12(2,3)4/h6,8H,5H2,1-4H3,(H,13,17)(H,14,15,16). The van der Waals surface area contributed by atoms with Crippen LogP contribution >= 0.6 is 0 Å². The van der Waals surface area contributed by atoms with Gasteiger partial charge in [-0.2, -0.15) is 0 Å². The normalized spacial score (nSPS) is 17.0. The van der Waals surface area contributed by atoms with Crippen molar-refractivity contribution in [2.45, 2.75) is 45.8 Å². The molecule has 1 rings (SSSR count). The number of alkyl carbamates (subject to hydrolysis) is 1. The van der Waals surface area contributed by atoms with Gasteiger partial charge in [0.05, 0.1) is 6.04 Å². The molecule has 0 aliphatic carbocycles. The highest BCUT2D eigenvalue weighted by Crippen LogP contribution is 2.13. The molecule has 6 heteroatoms. The lowest BCUT2D eigenvalue weighted by molar-refractivity contribution is -0.123. The van der Waals surface area contributed by atoms with E-state index >= 15 is 0 Å². The van der Waals surface area contributed by atoms with Gasteiger partial charge in [0, 0.05) is 11.6 Å². The fraction of sp³-hybridized carbons (Fsp3) is 0.583. The Labute approximate surface area is 106 Å². The van der Waals surface area contributed by atoms with Gasteiger partial charge in [0.15, 0.2) is 0 Å². The van der Waals surface area contributed by atoms with Gasteiger partial charge in [0.2, 0.25) is 0 Å². The Morgan fingerprint density at radius 3 is 2.44 bits per heavy atom. The third-order valence-corrected chi connectivity index (χ3v) is 2.26. The highest BCUT2D eigenvalue weighted by atomic mass is 16.6. The van der Waals surface area contributed by atoms with Crippen molar-refractivity contribution in [1.82, 2.24) is 10.6 Å². The SMILES string of the molecule is CCC(NC(=O)OC(C)(C)C)C1=CC(=O)NC1=O. The smallest absolute Gasteiger partial charge is 0.408 e. The summed E-state index contributed by atoms with van der Waals surface area (Å²) in [6.45, 7) is 7.05. The number of imide groups is 1. The third kappa shape index (κ3) is 3.87. The van der Waals surface area contributed by atoms with E-state index in [2.05, 4.69) is 10.6 Å². The minimum absolute atomic E-state index is 0.258. The van der Waals surface area contributed by atoms with Crippen LogP contribution in [0.5, 0.6) is 0 Å². The second-order valence-corrected chi connectivity index (χ2v) is 5.03. The Morgan fingerprint density at radius 1 is 1.44 bits per heavy atom. The predicted octanol–water partition coefficient (Wildman–Crippen LogP) is 0.872. The van der Waals surface area contributed by atoms with Gasteiger partial charge in [-0.3, -0.25) is 14.9 Å². The molecule has 0 radical (unpaired) electrons. The van der Waals surface area contributed by atoms with Crippen molar-refractivity contribution in [3.8, 4) is 0 Å². The number of carbonyl (C=O) groups excluding carboxylic acids is 3. The molecule has 100 valence electrons. The summed E-state index contributed by atoms with van der Waals surface area (Å²) >= 11 is 0. The fourth-order valence-electron chi connectivity index (χ4n) is 1.54. The van der Waals surface area contributed by atoms with Gasteiger partial charge >= 0.3 is 6.09 Å². The molecule has 0 aromatic carbocycles. The van der Waals surface area contributed by atoms with E-state index in [0.717, 1.165) is 0 Å². The van der Waals surface area contributed by atoms with Crippen LogP contribution in [-0.2, 0) is 14.3 Å². The molecule has 6 nitrogen and oxygen atoms in total. The zero-order valence-corrected chi connectivity index (χ0v) is 11.0. The molecule has 0 fully saturated rings. The van der Waals surface area contributed by atoms with Crippen molar-refractivity contribution in [2.24, 2.45) is 0 Å². The van der Waals surface area contributed by atoms with Crippen molar-refractivity contribution in [3.05, 3.63) is 11.6 Å². The summed E-state index contributed by atoms with van der Waals surface area (Å²) in [5, 5.41) is 4.71. The molecule has 0 saturated carbocycles. The average Bonchev–Trinajstić information content (AvgIpc) is 2.51. The zero-order valence-electron chi connectivity index (χ0n) is 11.0. The molecule has 1 unspecified atom stereocenters. The summed E-state index contributed by atoms with van der Waals surface area (Å²) in [7, 11) is 0. The van der Waals surface area contributed by atoms with E-state index < -0.39 is 29.6 Å². The quantitative estimate of drug-likeness (QED) is 0.732. The molecule has 1 heterocycles. The van der Waals surface area contributed by atoms with Gasteiger partial charge in [0.25, 0.3) is 11.8 Å². The molecule has 1 aliphatic heterocycles. The number of rotatable bonds is 3. The first-order valence-electron chi connectivity index (χ1n) is 5.79. The van der Waals surface area contributed by atoms with Gasteiger partial charge in [-0.1, -0.05) is 6.92 Å². The predicted molar refractivity (Wildman–Crippen MR) is 64.7 cm³/mol. The van der Waals surface area contributed by atoms with E-state index in [1.165, 1.54) is 6.08 Å². The van der Waals surface area contributed by atoms with Crippen molar-refractivity contribution in [1.29, 1.82) is 0 Å². The summed E-state index contributed by atoms with van der Waals surface area (Å²) in [5.41, 5.74) is -0.349. The summed E-state index contributed by atoms with van der Waals surface area (Å²) in [6, 6.07) is -0.522. The number of carbonyl (C=O) groups is 3. The molecule has 0 saturated heterocycles. The lowest BCUT2D eigenvalue weighted by Gasteiger charge is -2.23. The van der Waals surface area contributed by atoms with Gasteiger partial charge in [-0.15, -0.1) is 0 Å². The van der Waals surface area contributed by atoms with Crippen molar-refractivity contribution >= 4 is 17.9 Å². The minimum Gasteiger partial charge on any atom is -0.444 e. The van der Waals surface area contributed by atoms with E-state index in [1.807, 2.05) is 0 Å². The Kier molecular flexibility index (Phi) is 4.11. The summed E-state index contributed by atoms with van der Waals surface area (Å²) < 4.78 is 5.10. The first-order chi connectivity index (χ1) is 8.23. The average molecular weight is 254 g/mol. The van der Waals surface area contributed by atoms with E-state index in [1.54, 1.807) is 27.7 Å². The van der Waals surface area contributed by atoms with Gasteiger partial charge < -0.3 is 10.1 Å². The first kappa shape index (κ1) is 14.2. The second-order valence-electron chi connectivity index (χ2n) is 5.03. The molecule has 1 atom stereocenters. The van der Waals surface area contributed by atoms with Crippen LogP contribution in [0.25, 0.3) is 0 Å². The molecule has 0 aromatic rings. The van der Waals surface area contributed by atoms with Crippen LogP contribution in [0.15, 0.2) is 11.6 Å². The van der Waals surface area contributed by atoms with Crippen LogP contribution < -0.4 is 10.6 Å². The van der Waals surface area contributed by atoms with E-state index in [9.17, 15) is 14.4 Å². The van der Waals surface area contributed by atoms with Gasteiger partial charge in [-0.25, -0.2) is 4.79 Å². The highest BCUT2D eigenvalue weighted by Gasteiger charge is 2.29. The summed E-state index contributed by atoms with van der Waals surface area (Å²) in [6.07, 6.45) is 1.09. The molecule has 2 N–H and O–H groups in total. The van der Waals surface area contributed by atoms with Crippen molar-refractivity contribution in [3.63, 3.8) is 0 Å². The number of amides is 3. The van der Waals surface area contributed by atoms with Crippen LogP contribution in [0.4, 0.5) is 4.79 Å². The van der Waals surface area contributed by atoms with Crippen LogP contribution in [0.3, 0.4) is 0 Å². The Bertz CT molecular complexity index is 407. The Hall–Kier alpha value is -1.85. The second kappa shape index (κ2) is 5.20. The largest absolute Gasteiger partial charge is 0.444 e. The molecular formula is C12H18N2O4. The third-order valence-electron chi connectivity index (χ3n) is 2.26. The van der Waals surface area contributed by atoms with Gasteiger partial charge in [0.1, 0.15) is 5.60 Å². The Balaban J connectivity index is 2.69. The number of ether oxygens (including phenoxy) is 1. The minimum atomic E-state index is -0.609. The van der Waals surface area contributed by atoms with E-state index in [0.29, 0.717) is 6.42 Å².